The molecule has 0 bridgehead atoms. The summed E-state index contributed by atoms with van der Waals surface area (Å²) in [5.74, 6) is -0.260. The number of amides is 1. The molecule has 2 aromatic heterocycles. The van der Waals surface area contributed by atoms with Gasteiger partial charge in [0.05, 0.1) is 24.6 Å². The molecule has 7 heteroatoms. The zero-order valence-electron chi connectivity index (χ0n) is 13.1. The lowest BCUT2D eigenvalue weighted by Crippen LogP contribution is -2.12. The Bertz CT molecular complexity index is 875. The molecule has 0 unspecified atom stereocenters. The molecule has 0 radical (unpaired) electrons. The van der Waals surface area contributed by atoms with Crippen LogP contribution in [0.1, 0.15) is 22.3 Å². The van der Waals surface area contributed by atoms with Crippen LogP contribution in [-0.2, 0) is 6.54 Å². The van der Waals surface area contributed by atoms with Crippen molar-refractivity contribution in [3.63, 3.8) is 0 Å². The predicted molar refractivity (Wildman–Crippen MR) is 92.7 cm³/mol. The number of hydrogen-bond acceptors (Lipinski definition) is 5. The Morgan fingerprint density at radius 2 is 2.17 bits per heavy atom. The van der Waals surface area contributed by atoms with Crippen LogP contribution in [0, 0.1) is 18.3 Å². The van der Waals surface area contributed by atoms with E-state index in [4.69, 9.17) is 5.26 Å². The van der Waals surface area contributed by atoms with Crippen LogP contribution in [-0.4, -0.2) is 20.7 Å². The number of aromatic nitrogens is 3. The van der Waals surface area contributed by atoms with Crippen LogP contribution in [0.5, 0.6) is 0 Å². The predicted octanol–water partition coefficient (Wildman–Crippen LogP) is 3.48. The van der Waals surface area contributed by atoms with Crippen LogP contribution >= 0.6 is 11.3 Å². The molecule has 0 aliphatic rings. The van der Waals surface area contributed by atoms with Crippen molar-refractivity contribution in [2.45, 2.75) is 19.9 Å². The van der Waals surface area contributed by atoms with Crippen molar-refractivity contribution in [1.82, 2.24) is 14.8 Å². The van der Waals surface area contributed by atoms with Gasteiger partial charge in [-0.05, 0) is 6.92 Å². The van der Waals surface area contributed by atoms with Gasteiger partial charge in [0.15, 0.2) is 5.13 Å². The normalized spacial score (nSPS) is 10.3. The van der Waals surface area contributed by atoms with Gasteiger partial charge >= 0.3 is 0 Å². The zero-order valence-corrected chi connectivity index (χ0v) is 13.9. The number of thiazole rings is 1. The first kappa shape index (κ1) is 15.9. The summed E-state index contributed by atoms with van der Waals surface area (Å²) in [5, 5.41) is 18.4. The van der Waals surface area contributed by atoms with Gasteiger partial charge in [-0.3, -0.25) is 14.8 Å². The summed E-state index contributed by atoms with van der Waals surface area (Å²) < 4.78 is 1.63. The van der Waals surface area contributed by atoms with E-state index in [0.717, 1.165) is 11.1 Å². The largest absolute Gasteiger partial charge is 0.298 e. The van der Waals surface area contributed by atoms with E-state index in [1.807, 2.05) is 31.2 Å². The Labute approximate surface area is 143 Å². The van der Waals surface area contributed by atoms with E-state index >= 15 is 0 Å². The van der Waals surface area contributed by atoms with Gasteiger partial charge in [-0.2, -0.15) is 10.4 Å². The molecule has 0 aliphatic heterocycles. The fourth-order valence-electron chi connectivity index (χ4n) is 2.24. The van der Waals surface area contributed by atoms with E-state index in [1.165, 1.54) is 11.3 Å². The van der Waals surface area contributed by atoms with E-state index in [-0.39, 0.29) is 5.91 Å². The number of benzene rings is 1. The SMILES string of the molecule is Cc1ccc(-c2nn(CCC#N)cc2C(=O)Nc2nccs2)cc1. The maximum atomic E-state index is 12.6. The summed E-state index contributed by atoms with van der Waals surface area (Å²) in [6.45, 7) is 2.45. The van der Waals surface area contributed by atoms with Gasteiger partial charge in [-0.15, -0.1) is 11.3 Å². The molecule has 0 saturated carbocycles. The molecule has 0 spiro atoms. The number of rotatable bonds is 5. The second kappa shape index (κ2) is 7.06. The van der Waals surface area contributed by atoms with E-state index in [9.17, 15) is 4.79 Å². The first-order valence-electron chi connectivity index (χ1n) is 7.39. The summed E-state index contributed by atoms with van der Waals surface area (Å²) >= 11 is 1.36. The minimum absolute atomic E-state index is 0.260. The molecule has 3 aromatic rings. The molecule has 1 aromatic carbocycles. The number of carbonyl (C=O) groups is 1. The van der Waals surface area contributed by atoms with Crippen molar-refractivity contribution < 1.29 is 4.79 Å². The number of carbonyl (C=O) groups excluding carboxylic acids is 1. The molecule has 24 heavy (non-hydrogen) atoms. The smallest absolute Gasteiger partial charge is 0.261 e. The summed E-state index contributed by atoms with van der Waals surface area (Å²) in [5.41, 5.74) is 3.06. The highest BCUT2D eigenvalue weighted by atomic mass is 32.1. The summed E-state index contributed by atoms with van der Waals surface area (Å²) in [6.07, 6.45) is 3.65. The van der Waals surface area contributed by atoms with Crippen molar-refractivity contribution in [2.24, 2.45) is 0 Å². The van der Waals surface area contributed by atoms with Crippen LogP contribution < -0.4 is 5.32 Å². The van der Waals surface area contributed by atoms with Crippen LogP contribution in [0.25, 0.3) is 11.3 Å². The van der Waals surface area contributed by atoms with Gasteiger partial charge in [0.1, 0.15) is 5.69 Å². The Morgan fingerprint density at radius 1 is 1.38 bits per heavy atom. The van der Waals surface area contributed by atoms with Gasteiger partial charge in [-0.25, -0.2) is 4.98 Å². The second-order valence-corrected chi connectivity index (χ2v) is 6.11. The highest BCUT2D eigenvalue weighted by Crippen LogP contribution is 2.24. The average molecular weight is 337 g/mol. The number of anilines is 1. The third-order valence-corrected chi connectivity index (χ3v) is 4.13. The molecule has 0 aliphatic carbocycles. The molecule has 2 heterocycles. The molecule has 0 fully saturated rings. The quantitative estimate of drug-likeness (QED) is 0.772. The lowest BCUT2D eigenvalue weighted by molar-refractivity contribution is 0.102. The number of nitrogens with one attached hydrogen (secondary N) is 1. The average Bonchev–Trinajstić information content (AvgIpc) is 3.23. The lowest BCUT2D eigenvalue weighted by Gasteiger charge is -2.03. The minimum Gasteiger partial charge on any atom is -0.298 e. The Kier molecular flexibility index (Phi) is 4.68. The molecular weight excluding hydrogens is 322 g/mol. The first-order chi connectivity index (χ1) is 11.7. The second-order valence-electron chi connectivity index (χ2n) is 5.22. The molecule has 0 saturated heterocycles. The fraction of sp³-hybridized carbons (Fsp3) is 0.176. The monoisotopic (exact) mass is 337 g/mol. The highest BCUT2D eigenvalue weighted by molar-refractivity contribution is 7.13. The maximum absolute atomic E-state index is 12.6. The molecule has 120 valence electrons. The van der Waals surface area contributed by atoms with Gasteiger partial charge in [-0.1, -0.05) is 29.8 Å². The maximum Gasteiger partial charge on any atom is 0.261 e. The third kappa shape index (κ3) is 3.50. The van der Waals surface area contributed by atoms with E-state index in [0.29, 0.717) is 29.4 Å². The molecule has 1 N–H and O–H groups in total. The number of aryl methyl sites for hydroxylation is 2. The van der Waals surface area contributed by atoms with Crippen molar-refractivity contribution in [3.8, 4) is 17.3 Å². The summed E-state index contributed by atoms with van der Waals surface area (Å²) in [4.78, 5) is 16.7. The standard InChI is InChI=1S/C17H15N5OS/c1-12-3-5-13(6-4-12)15-14(11-22(21-15)9-2-7-18)16(23)20-17-19-8-10-24-17/h3-6,8,10-11H,2,9H2,1H3,(H,19,20,23). The van der Waals surface area contributed by atoms with E-state index < -0.39 is 0 Å². The van der Waals surface area contributed by atoms with Gasteiger partial charge < -0.3 is 0 Å². The summed E-state index contributed by atoms with van der Waals surface area (Å²) in [7, 11) is 0. The number of nitrogens with zero attached hydrogens (tertiary/aromatic N) is 4. The topological polar surface area (TPSA) is 83.6 Å². The number of nitriles is 1. The Morgan fingerprint density at radius 3 is 2.83 bits per heavy atom. The first-order valence-corrected chi connectivity index (χ1v) is 8.27. The zero-order chi connectivity index (χ0) is 16.9. The highest BCUT2D eigenvalue weighted by Gasteiger charge is 2.18. The van der Waals surface area contributed by atoms with Gasteiger partial charge in [0.2, 0.25) is 0 Å². The molecular formula is C17H15N5OS. The Hall–Kier alpha value is -2.98. The van der Waals surface area contributed by atoms with Crippen molar-refractivity contribution in [1.29, 1.82) is 5.26 Å². The third-order valence-electron chi connectivity index (χ3n) is 3.44. The van der Waals surface area contributed by atoms with Gasteiger partial charge in [0.25, 0.3) is 5.91 Å². The van der Waals surface area contributed by atoms with Crippen molar-refractivity contribution >= 4 is 22.4 Å². The van der Waals surface area contributed by atoms with Crippen molar-refractivity contribution in [3.05, 3.63) is 53.2 Å². The van der Waals surface area contributed by atoms with E-state index in [2.05, 4.69) is 21.5 Å². The molecule has 3 rings (SSSR count). The van der Waals surface area contributed by atoms with Gasteiger partial charge in [0, 0.05) is 23.3 Å². The minimum atomic E-state index is -0.260. The fourth-order valence-corrected chi connectivity index (χ4v) is 2.76. The molecule has 6 nitrogen and oxygen atoms in total. The van der Waals surface area contributed by atoms with Crippen LogP contribution in [0.2, 0.25) is 0 Å². The van der Waals surface area contributed by atoms with Crippen LogP contribution in [0.4, 0.5) is 5.13 Å². The number of hydrogen-bond donors (Lipinski definition) is 1. The molecule has 1 amide bonds. The summed E-state index contributed by atoms with van der Waals surface area (Å²) in [6, 6.07) is 9.92. The van der Waals surface area contributed by atoms with Crippen LogP contribution in [0.15, 0.2) is 42.0 Å². The van der Waals surface area contributed by atoms with Crippen molar-refractivity contribution in [2.75, 3.05) is 5.32 Å². The van der Waals surface area contributed by atoms with Crippen LogP contribution in [0.3, 0.4) is 0 Å². The molecule has 0 atom stereocenters. The Balaban J connectivity index is 1.96. The lowest BCUT2D eigenvalue weighted by atomic mass is 10.1. The van der Waals surface area contributed by atoms with E-state index in [1.54, 1.807) is 22.5 Å².